The molecular formula is C12H16N2O3S. The molecule has 18 heavy (non-hydrogen) atoms. The molecule has 0 aliphatic carbocycles. The standard InChI is InChI=1S/C12H16N2O3S/c15-11(8-3-5-13-6-4-8)14-10(12(16)17)9-2-1-7-18-9/h1-2,7-8,10,13H,3-6H2,(H,14,15)(H,16,17). The summed E-state index contributed by atoms with van der Waals surface area (Å²) in [7, 11) is 0. The van der Waals surface area contributed by atoms with Crippen LogP contribution in [0.3, 0.4) is 0 Å². The van der Waals surface area contributed by atoms with Gasteiger partial charge in [-0.05, 0) is 37.4 Å². The van der Waals surface area contributed by atoms with Crippen molar-refractivity contribution in [2.24, 2.45) is 5.92 Å². The molecule has 0 spiro atoms. The van der Waals surface area contributed by atoms with Crippen LogP contribution in [0.15, 0.2) is 17.5 Å². The van der Waals surface area contributed by atoms with Crippen molar-refractivity contribution in [1.82, 2.24) is 10.6 Å². The van der Waals surface area contributed by atoms with Gasteiger partial charge >= 0.3 is 5.97 Å². The van der Waals surface area contributed by atoms with E-state index in [-0.39, 0.29) is 11.8 Å². The van der Waals surface area contributed by atoms with Crippen LogP contribution in [0.4, 0.5) is 0 Å². The molecular weight excluding hydrogens is 252 g/mol. The molecule has 3 N–H and O–H groups in total. The first kappa shape index (κ1) is 13.0. The minimum absolute atomic E-state index is 0.0759. The fourth-order valence-corrected chi connectivity index (χ4v) is 2.82. The molecule has 1 unspecified atom stereocenters. The van der Waals surface area contributed by atoms with E-state index >= 15 is 0 Å². The van der Waals surface area contributed by atoms with E-state index in [1.54, 1.807) is 12.1 Å². The molecule has 1 saturated heterocycles. The molecule has 1 aromatic rings. The molecule has 1 atom stereocenters. The van der Waals surface area contributed by atoms with Crippen LogP contribution in [-0.4, -0.2) is 30.1 Å². The largest absolute Gasteiger partial charge is 0.479 e. The Bertz CT molecular complexity index is 413. The fourth-order valence-electron chi connectivity index (χ4n) is 2.05. The van der Waals surface area contributed by atoms with Gasteiger partial charge in [0.05, 0.1) is 0 Å². The van der Waals surface area contributed by atoms with E-state index in [0.717, 1.165) is 25.9 Å². The maximum absolute atomic E-state index is 12.0. The van der Waals surface area contributed by atoms with Gasteiger partial charge in [0, 0.05) is 10.8 Å². The lowest BCUT2D eigenvalue weighted by molar-refractivity contribution is -0.142. The first-order valence-corrected chi connectivity index (χ1v) is 6.83. The predicted molar refractivity (Wildman–Crippen MR) is 68.4 cm³/mol. The molecule has 2 heterocycles. The van der Waals surface area contributed by atoms with E-state index in [4.69, 9.17) is 0 Å². The van der Waals surface area contributed by atoms with Crippen LogP contribution in [0.25, 0.3) is 0 Å². The lowest BCUT2D eigenvalue weighted by Gasteiger charge is -2.23. The topological polar surface area (TPSA) is 78.4 Å². The quantitative estimate of drug-likeness (QED) is 0.761. The predicted octanol–water partition coefficient (Wildman–Crippen LogP) is 0.990. The minimum Gasteiger partial charge on any atom is -0.479 e. The molecule has 0 radical (unpaired) electrons. The molecule has 6 heteroatoms. The minimum atomic E-state index is -1.01. The number of carboxylic acid groups (broad SMARTS) is 1. The lowest BCUT2D eigenvalue weighted by Crippen LogP contribution is -2.41. The Balaban J connectivity index is 2.00. The number of nitrogens with one attached hydrogen (secondary N) is 2. The maximum Gasteiger partial charge on any atom is 0.331 e. The van der Waals surface area contributed by atoms with Gasteiger partial charge in [-0.15, -0.1) is 11.3 Å². The summed E-state index contributed by atoms with van der Waals surface area (Å²) in [5.74, 6) is -1.25. The van der Waals surface area contributed by atoms with Gasteiger partial charge in [-0.3, -0.25) is 4.79 Å². The Morgan fingerprint density at radius 1 is 1.44 bits per heavy atom. The molecule has 1 amide bonds. The van der Waals surface area contributed by atoms with E-state index < -0.39 is 12.0 Å². The molecule has 1 aliphatic rings. The summed E-state index contributed by atoms with van der Waals surface area (Å²) in [6, 6.07) is 2.59. The Morgan fingerprint density at radius 2 is 2.17 bits per heavy atom. The number of amides is 1. The highest BCUT2D eigenvalue weighted by molar-refractivity contribution is 7.10. The molecule has 0 saturated carbocycles. The summed E-state index contributed by atoms with van der Waals surface area (Å²) in [5.41, 5.74) is 0. The number of carboxylic acids is 1. The van der Waals surface area contributed by atoms with Crippen molar-refractivity contribution < 1.29 is 14.7 Å². The van der Waals surface area contributed by atoms with Crippen molar-refractivity contribution in [3.05, 3.63) is 22.4 Å². The summed E-state index contributed by atoms with van der Waals surface area (Å²) < 4.78 is 0. The Kier molecular flexibility index (Phi) is 4.33. The van der Waals surface area contributed by atoms with Crippen molar-refractivity contribution in [3.63, 3.8) is 0 Å². The van der Waals surface area contributed by atoms with Crippen LogP contribution in [0.1, 0.15) is 23.8 Å². The average molecular weight is 268 g/mol. The SMILES string of the molecule is O=C(NC(C(=O)O)c1cccs1)C1CCNCC1. The van der Waals surface area contributed by atoms with Gasteiger partial charge < -0.3 is 15.7 Å². The highest BCUT2D eigenvalue weighted by Gasteiger charge is 2.27. The normalized spacial score (nSPS) is 18.2. The summed E-state index contributed by atoms with van der Waals surface area (Å²) in [4.78, 5) is 23.9. The van der Waals surface area contributed by atoms with Gasteiger partial charge in [-0.1, -0.05) is 6.07 Å². The van der Waals surface area contributed by atoms with Gasteiger partial charge in [0.25, 0.3) is 0 Å². The van der Waals surface area contributed by atoms with Crippen molar-refractivity contribution in [3.8, 4) is 0 Å². The smallest absolute Gasteiger partial charge is 0.331 e. The maximum atomic E-state index is 12.0. The summed E-state index contributed by atoms with van der Waals surface area (Å²) >= 11 is 1.34. The number of carbonyl (C=O) groups is 2. The second-order valence-electron chi connectivity index (χ2n) is 4.32. The summed E-state index contributed by atoms with van der Waals surface area (Å²) in [5, 5.41) is 16.8. The molecule has 0 aromatic carbocycles. The molecule has 1 aliphatic heterocycles. The van der Waals surface area contributed by atoms with Crippen LogP contribution in [0.2, 0.25) is 0 Å². The zero-order chi connectivity index (χ0) is 13.0. The number of thiophene rings is 1. The number of piperidine rings is 1. The van der Waals surface area contributed by atoms with E-state index in [1.165, 1.54) is 11.3 Å². The van der Waals surface area contributed by atoms with Crippen LogP contribution in [0.5, 0.6) is 0 Å². The molecule has 1 fully saturated rings. The number of hydrogen-bond donors (Lipinski definition) is 3. The first-order chi connectivity index (χ1) is 8.68. The van der Waals surface area contributed by atoms with Crippen LogP contribution in [-0.2, 0) is 9.59 Å². The Morgan fingerprint density at radius 3 is 2.72 bits per heavy atom. The molecule has 0 bridgehead atoms. The molecule has 5 nitrogen and oxygen atoms in total. The van der Waals surface area contributed by atoms with E-state index in [2.05, 4.69) is 10.6 Å². The number of rotatable bonds is 4. The zero-order valence-electron chi connectivity index (χ0n) is 9.89. The summed E-state index contributed by atoms with van der Waals surface area (Å²) in [6.45, 7) is 1.63. The van der Waals surface area contributed by atoms with E-state index in [0.29, 0.717) is 4.88 Å². The zero-order valence-corrected chi connectivity index (χ0v) is 10.7. The highest BCUT2D eigenvalue weighted by Crippen LogP contribution is 2.21. The van der Waals surface area contributed by atoms with Crippen molar-refractivity contribution in [1.29, 1.82) is 0 Å². The third-order valence-electron chi connectivity index (χ3n) is 3.07. The van der Waals surface area contributed by atoms with Gasteiger partial charge in [-0.25, -0.2) is 4.79 Å². The summed E-state index contributed by atoms with van der Waals surface area (Å²) in [6.07, 6.45) is 1.53. The highest BCUT2D eigenvalue weighted by atomic mass is 32.1. The van der Waals surface area contributed by atoms with Crippen molar-refractivity contribution in [2.75, 3.05) is 13.1 Å². The average Bonchev–Trinajstić information content (AvgIpc) is 2.90. The lowest BCUT2D eigenvalue weighted by atomic mass is 9.97. The van der Waals surface area contributed by atoms with Crippen LogP contribution < -0.4 is 10.6 Å². The van der Waals surface area contributed by atoms with Gasteiger partial charge in [0.15, 0.2) is 6.04 Å². The molecule has 2 rings (SSSR count). The van der Waals surface area contributed by atoms with Crippen molar-refractivity contribution >= 4 is 23.2 Å². The molecule has 98 valence electrons. The number of aliphatic carboxylic acids is 1. The second kappa shape index (κ2) is 5.97. The third-order valence-corrected chi connectivity index (χ3v) is 4.01. The Labute approximate surface area is 109 Å². The first-order valence-electron chi connectivity index (χ1n) is 5.96. The third kappa shape index (κ3) is 3.08. The van der Waals surface area contributed by atoms with Crippen LogP contribution in [0, 0.1) is 5.92 Å². The number of hydrogen-bond acceptors (Lipinski definition) is 4. The van der Waals surface area contributed by atoms with Crippen molar-refractivity contribution in [2.45, 2.75) is 18.9 Å². The van der Waals surface area contributed by atoms with E-state index in [1.807, 2.05) is 5.38 Å². The van der Waals surface area contributed by atoms with Gasteiger partial charge in [0.1, 0.15) is 0 Å². The van der Waals surface area contributed by atoms with Gasteiger partial charge in [0.2, 0.25) is 5.91 Å². The molecule has 1 aromatic heterocycles. The fraction of sp³-hybridized carbons (Fsp3) is 0.500. The second-order valence-corrected chi connectivity index (χ2v) is 5.30. The number of carbonyl (C=O) groups excluding carboxylic acids is 1. The van der Waals surface area contributed by atoms with E-state index in [9.17, 15) is 14.7 Å². The van der Waals surface area contributed by atoms with Crippen LogP contribution >= 0.6 is 11.3 Å². The Hall–Kier alpha value is -1.40. The monoisotopic (exact) mass is 268 g/mol. The van der Waals surface area contributed by atoms with Gasteiger partial charge in [-0.2, -0.15) is 0 Å².